The molecule has 1 aliphatic rings. The van der Waals surface area contributed by atoms with Gasteiger partial charge in [0.25, 0.3) is 11.2 Å². The number of hydrogen-bond donors (Lipinski definition) is 3. The predicted molar refractivity (Wildman–Crippen MR) is 97.6 cm³/mol. The first kappa shape index (κ1) is 19.3. The van der Waals surface area contributed by atoms with E-state index >= 15 is 0 Å². The van der Waals surface area contributed by atoms with Gasteiger partial charge < -0.3 is 20.5 Å². The fourth-order valence-electron chi connectivity index (χ4n) is 3.77. The predicted octanol–water partition coefficient (Wildman–Crippen LogP) is -0.716. The number of amides is 1. The number of nitrogen functional groups attached to an aromatic ring is 1. The van der Waals surface area contributed by atoms with Crippen molar-refractivity contribution >= 4 is 23.0 Å². The Morgan fingerprint density at radius 2 is 2.15 bits per heavy atom. The normalized spacial score (nSPS) is 25.2. The van der Waals surface area contributed by atoms with Gasteiger partial charge in [0.1, 0.15) is 6.10 Å². The molecular formula is C17H27N6O4+. The van der Waals surface area contributed by atoms with Crippen LogP contribution < -0.4 is 15.9 Å². The van der Waals surface area contributed by atoms with E-state index in [1.54, 1.807) is 27.4 Å². The summed E-state index contributed by atoms with van der Waals surface area (Å²) in [4.78, 5) is 33.1. The maximum absolute atomic E-state index is 12.5. The summed E-state index contributed by atoms with van der Waals surface area (Å²) in [5.41, 5.74) is 5.96. The number of nitrogens with one attached hydrogen (secondary N) is 1. The van der Waals surface area contributed by atoms with Gasteiger partial charge in [-0.25, -0.2) is 4.57 Å². The number of anilines is 1. The second-order valence-electron chi connectivity index (χ2n) is 6.91. The number of aromatic amines is 1. The summed E-state index contributed by atoms with van der Waals surface area (Å²) in [5.74, 6) is -0.381. The number of aryl methyl sites for hydroxylation is 1. The van der Waals surface area contributed by atoms with Gasteiger partial charge >= 0.3 is 5.56 Å². The number of aliphatic hydroxyl groups is 1. The van der Waals surface area contributed by atoms with E-state index in [0.29, 0.717) is 24.3 Å². The van der Waals surface area contributed by atoms with Crippen molar-refractivity contribution in [2.24, 2.45) is 13.0 Å². The fourth-order valence-corrected chi connectivity index (χ4v) is 3.77. The van der Waals surface area contributed by atoms with Crippen LogP contribution in [0.3, 0.4) is 0 Å². The number of fused-ring (bicyclic) bond motifs is 1. The van der Waals surface area contributed by atoms with Gasteiger partial charge in [-0.05, 0) is 20.8 Å². The molecule has 10 nitrogen and oxygen atoms in total. The van der Waals surface area contributed by atoms with Gasteiger partial charge in [0, 0.05) is 25.4 Å². The number of nitrogens with zero attached hydrogens (tertiary/aromatic N) is 4. The molecule has 0 aromatic carbocycles. The zero-order chi connectivity index (χ0) is 19.9. The molecular weight excluding hydrogens is 352 g/mol. The Labute approximate surface area is 156 Å². The molecule has 0 saturated carbocycles. The highest BCUT2D eigenvalue weighted by Gasteiger charge is 2.47. The van der Waals surface area contributed by atoms with Crippen LogP contribution in [0.4, 0.5) is 5.95 Å². The van der Waals surface area contributed by atoms with Crippen LogP contribution in [0.1, 0.15) is 33.4 Å². The van der Waals surface area contributed by atoms with Crippen molar-refractivity contribution in [1.29, 1.82) is 0 Å². The molecule has 0 bridgehead atoms. The number of carbonyl (C=O) groups excluding carboxylic acids is 1. The summed E-state index contributed by atoms with van der Waals surface area (Å²) in [6.45, 7) is 6.94. The van der Waals surface area contributed by atoms with E-state index < -0.39 is 12.3 Å². The molecule has 4 atom stereocenters. The van der Waals surface area contributed by atoms with Crippen LogP contribution in [0.25, 0.3) is 11.2 Å². The number of nitrogens with two attached hydrogens (primary N) is 1. The van der Waals surface area contributed by atoms with E-state index in [9.17, 15) is 14.7 Å². The van der Waals surface area contributed by atoms with Gasteiger partial charge in [0.2, 0.25) is 24.4 Å². The number of aliphatic hydroxyl groups excluding tert-OH is 1. The lowest BCUT2D eigenvalue weighted by Gasteiger charge is -2.23. The number of ether oxygens (including phenoxy) is 1. The molecule has 1 saturated heterocycles. The van der Waals surface area contributed by atoms with E-state index in [1.165, 1.54) is 0 Å². The smallest absolute Gasteiger partial charge is 0.304 e. The van der Waals surface area contributed by atoms with Crippen molar-refractivity contribution in [2.75, 3.05) is 18.8 Å². The molecule has 148 valence electrons. The van der Waals surface area contributed by atoms with Crippen LogP contribution in [0.15, 0.2) is 11.1 Å². The van der Waals surface area contributed by atoms with Gasteiger partial charge in [0.15, 0.2) is 0 Å². The molecule has 2 aromatic heterocycles. The highest BCUT2D eigenvalue weighted by molar-refractivity contribution is 5.76. The van der Waals surface area contributed by atoms with Crippen LogP contribution in [0.2, 0.25) is 0 Å². The topological polar surface area (TPSA) is 130 Å². The van der Waals surface area contributed by atoms with Gasteiger partial charge in [-0.3, -0.25) is 14.6 Å². The second-order valence-corrected chi connectivity index (χ2v) is 6.91. The Balaban J connectivity index is 1.92. The Morgan fingerprint density at radius 3 is 2.78 bits per heavy atom. The SMILES string of the molecule is CCN(CC)C(=O)C[C@@H]1[C@@H](C)OC(n2c[n+](C)c3c(=O)[nH]c(N)nc32)[C@@H]1O. The summed E-state index contributed by atoms with van der Waals surface area (Å²) in [6, 6.07) is 0. The van der Waals surface area contributed by atoms with Crippen molar-refractivity contribution in [1.82, 2.24) is 19.4 Å². The maximum atomic E-state index is 12.5. The third-order valence-electron chi connectivity index (χ3n) is 5.28. The van der Waals surface area contributed by atoms with Crippen LogP contribution in [-0.2, 0) is 16.6 Å². The van der Waals surface area contributed by atoms with Crippen molar-refractivity contribution in [3.8, 4) is 0 Å². The minimum atomic E-state index is -0.919. The molecule has 0 spiro atoms. The number of aromatic nitrogens is 4. The van der Waals surface area contributed by atoms with Crippen LogP contribution in [-0.4, -0.2) is 55.7 Å². The van der Waals surface area contributed by atoms with Crippen molar-refractivity contribution < 1.29 is 19.2 Å². The quantitative estimate of drug-likeness (QED) is 0.588. The monoisotopic (exact) mass is 379 g/mol. The van der Waals surface area contributed by atoms with Gasteiger partial charge in [-0.2, -0.15) is 9.55 Å². The third kappa shape index (κ3) is 3.30. The van der Waals surface area contributed by atoms with E-state index in [1.807, 2.05) is 20.8 Å². The third-order valence-corrected chi connectivity index (χ3v) is 5.28. The first-order valence-electron chi connectivity index (χ1n) is 9.15. The summed E-state index contributed by atoms with van der Waals surface area (Å²) >= 11 is 0. The Bertz CT molecular complexity index is 903. The molecule has 10 heteroatoms. The number of H-pyrrole nitrogens is 1. The zero-order valence-corrected chi connectivity index (χ0v) is 16.0. The average molecular weight is 379 g/mol. The van der Waals surface area contributed by atoms with Crippen LogP contribution in [0.5, 0.6) is 0 Å². The molecule has 2 aromatic rings. The summed E-state index contributed by atoms with van der Waals surface area (Å²) in [7, 11) is 1.71. The van der Waals surface area contributed by atoms with Gasteiger partial charge in [0.05, 0.1) is 13.2 Å². The van der Waals surface area contributed by atoms with Gasteiger partial charge in [-0.1, -0.05) is 0 Å². The Kier molecular flexibility index (Phi) is 5.20. The van der Waals surface area contributed by atoms with Crippen molar-refractivity contribution in [2.45, 2.75) is 45.6 Å². The van der Waals surface area contributed by atoms with Crippen LogP contribution >= 0.6 is 0 Å². The number of hydrogen-bond acceptors (Lipinski definition) is 6. The minimum Gasteiger partial charge on any atom is -0.386 e. The lowest BCUT2D eigenvalue weighted by atomic mass is 9.94. The molecule has 1 fully saturated rings. The Hall–Kier alpha value is -2.46. The largest absolute Gasteiger partial charge is 0.386 e. The highest BCUT2D eigenvalue weighted by Crippen LogP contribution is 2.37. The molecule has 1 unspecified atom stereocenters. The zero-order valence-electron chi connectivity index (χ0n) is 16.0. The van der Waals surface area contributed by atoms with E-state index in [2.05, 4.69) is 9.97 Å². The first-order valence-corrected chi connectivity index (χ1v) is 9.15. The number of carbonyl (C=O) groups is 1. The lowest BCUT2D eigenvalue weighted by Crippen LogP contribution is -2.36. The van der Waals surface area contributed by atoms with E-state index in [4.69, 9.17) is 10.5 Å². The molecule has 27 heavy (non-hydrogen) atoms. The van der Waals surface area contributed by atoms with E-state index in [0.717, 1.165) is 0 Å². The molecule has 3 rings (SSSR count). The first-order chi connectivity index (χ1) is 12.8. The van der Waals surface area contributed by atoms with Crippen molar-refractivity contribution in [3.63, 3.8) is 0 Å². The van der Waals surface area contributed by atoms with Crippen molar-refractivity contribution in [3.05, 3.63) is 16.7 Å². The molecule has 0 aliphatic carbocycles. The molecule has 3 heterocycles. The number of rotatable bonds is 5. The average Bonchev–Trinajstić information content (AvgIpc) is 3.07. The molecule has 1 amide bonds. The van der Waals surface area contributed by atoms with Gasteiger partial charge in [-0.15, -0.1) is 0 Å². The highest BCUT2D eigenvalue weighted by atomic mass is 16.5. The van der Waals surface area contributed by atoms with Crippen LogP contribution in [0, 0.1) is 5.92 Å². The molecule has 1 aliphatic heterocycles. The summed E-state index contributed by atoms with van der Waals surface area (Å²) in [6.07, 6.45) is -0.167. The van der Waals surface area contributed by atoms with E-state index in [-0.39, 0.29) is 35.9 Å². The second kappa shape index (κ2) is 7.28. The Morgan fingerprint density at radius 1 is 1.48 bits per heavy atom. The summed E-state index contributed by atoms with van der Waals surface area (Å²) < 4.78 is 9.17. The summed E-state index contributed by atoms with van der Waals surface area (Å²) in [5, 5.41) is 10.9. The minimum absolute atomic E-state index is 0.0121. The molecule has 4 N–H and O–H groups in total. The maximum Gasteiger partial charge on any atom is 0.304 e. The number of imidazole rings is 1. The molecule has 0 radical (unpaired) electrons. The lowest BCUT2D eigenvalue weighted by molar-refractivity contribution is -0.646. The fraction of sp³-hybridized carbons (Fsp3) is 0.647. The standard InChI is InChI=1S/C17H26N6O4/c1-5-22(6-2)11(24)7-10-9(3)27-16(13(10)25)23-8-21(4)12-14(23)19-17(18)20-15(12)26/h8-10,13,16,25H,5-7H2,1-4H3,(H2-,18,19,20,26)/p+1/t9-,10-,13-,16?/m1/s1.